The quantitative estimate of drug-likeness (QED) is 0.907. The van der Waals surface area contributed by atoms with Gasteiger partial charge in [0.15, 0.2) is 0 Å². The number of alkyl halides is 3. The van der Waals surface area contributed by atoms with Crippen LogP contribution in [-0.2, 0) is 6.18 Å². The van der Waals surface area contributed by atoms with Gasteiger partial charge in [-0.25, -0.2) is 0 Å². The fourth-order valence-corrected chi connectivity index (χ4v) is 2.07. The molecule has 2 rings (SSSR count). The maximum Gasteiger partial charge on any atom is 0.416 e. The molecule has 0 aliphatic rings. The van der Waals surface area contributed by atoms with Crippen molar-refractivity contribution < 1.29 is 22.7 Å². The van der Waals surface area contributed by atoms with Gasteiger partial charge < -0.3 is 15.3 Å². The second-order valence-electron chi connectivity index (χ2n) is 4.47. The second-order valence-corrected chi connectivity index (χ2v) is 4.47. The molecule has 1 aromatic carbocycles. The first kappa shape index (κ1) is 14.6. The van der Waals surface area contributed by atoms with Crippen molar-refractivity contribution in [3.63, 3.8) is 0 Å². The van der Waals surface area contributed by atoms with E-state index in [1.807, 2.05) is 0 Å². The van der Waals surface area contributed by atoms with Crippen LogP contribution in [0.5, 0.6) is 0 Å². The molecule has 0 spiro atoms. The Labute approximate surface area is 113 Å². The number of hydrogen-bond acceptors (Lipinski definition) is 3. The van der Waals surface area contributed by atoms with Crippen LogP contribution in [0.15, 0.2) is 47.3 Å². The number of halogens is 3. The van der Waals surface area contributed by atoms with E-state index in [1.54, 1.807) is 6.07 Å². The summed E-state index contributed by atoms with van der Waals surface area (Å²) in [6, 6.07) is 6.39. The number of aliphatic hydroxyl groups is 1. The highest BCUT2D eigenvalue weighted by Crippen LogP contribution is 2.34. The lowest BCUT2D eigenvalue weighted by Gasteiger charge is -2.21. The van der Waals surface area contributed by atoms with Crippen LogP contribution in [-0.4, -0.2) is 11.7 Å². The molecule has 1 heterocycles. The minimum atomic E-state index is -4.42. The third-order valence-electron chi connectivity index (χ3n) is 3.16. The Morgan fingerprint density at radius 3 is 2.50 bits per heavy atom. The fraction of sp³-hybridized carbons (Fsp3) is 0.286. The van der Waals surface area contributed by atoms with Gasteiger partial charge in [0.05, 0.1) is 24.2 Å². The Balaban J connectivity index is 2.32. The highest BCUT2D eigenvalue weighted by Gasteiger charge is 2.32. The van der Waals surface area contributed by atoms with Gasteiger partial charge in [-0.2, -0.15) is 13.2 Å². The maximum atomic E-state index is 12.7. The summed E-state index contributed by atoms with van der Waals surface area (Å²) in [7, 11) is 0. The van der Waals surface area contributed by atoms with Crippen LogP contribution in [0.1, 0.15) is 28.7 Å². The molecule has 20 heavy (non-hydrogen) atoms. The van der Waals surface area contributed by atoms with Crippen molar-refractivity contribution in [2.45, 2.75) is 18.2 Å². The van der Waals surface area contributed by atoms with Crippen molar-refractivity contribution in [3.8, 4) is 0 Å². The first-order valence-corrected chi connectivity index (χ1v) is 6.01. The van der Waals surface area contributed by atoms with Crippen LogP contribution >= 0.6 is 0 Å². The minimum Gasteiger partial charge on any atom is -0.472 e. The van der Waals surface area contributed by atoms with Gasteiger partial charge in [-0.1, -0.05) is 18.2 Å². The van der Waals surface area contributed by atoms with E-state index in [0.29, 0.717) is 11.1 Å². The standard InChI is InChI=1S/C14H14F3NO2/c15-14(16,17)11-3-1-2-9(6-11)12(7-18)13(19)10-4-5-20-8-10/h1-6,8,12-13,19H,7,18H2. The summed E-state index contributed by atoms with van der Waals surface area (Å²) >= 11 is 0. The van der Waals surface area contributed by atoms with E-state index in [4.69, 9.17) is 10.2 Å². The smallest absolute Gasteiger partial charge is 0.416 e. The molecule has 0 aliphatic carbocycles. The van der Waals surface area contributed by atoms with Crippen molar-refractivity contribution >= 4 is 0 Å². The number of nitrogens with two attached hydrogens (primary N) is 1. The van der Waals surface area contributed by atoms with E-state index in [2.05, 4.69) is 0 Å². The molecule has 108 valence electrons. The Morgan fingerprint density at radius 1 is 1.20 bits per heavy atom. The second kappa shape index (κ2) is 5.68. The summed E-state index contributed by atoms with van der Waals surface area (Å²) in [5.41, 5.74) is 5.67. The lowest BCUT2D eigenvalue weighted by atomic mass is 9.89. The lowest BCUT2D eigenvalue weighted by molar-refractivity contribution is -0.137. The highest BCUT2D eigenvalue weighted by molar-refractivity contribution is 5.31. The first-order valence-electron chi connectivity index (χ1n) is 6.01. The molecule has 0 aliphatic heterocycles. The molecule has 2 aromatic rings. The molecule has 0 bridgehead atoms. The van der Waals surface area contributed by atoms with Crippen LogP contribution in [0, 0.1) is 0 Å². The van der Waals surface area contributed by atoms with Crippen molar-refractivity contribution in [1.29, 1.82) is 0 Å². The number of rotatable bonds is 4. The van der Waals surface area contributed by atoms with Gasteiger partial charge in [0.2, 0.25) is 0 Å². The van der Waals surface area contributed by atoms with Crippen LogP contribution in [0.25, 0.3) is 0 Å². The molecule has 2 unspecified atom stereocenters. The van der Waals surface area contributed by atoms with Crippen molar-refractivity contribution in [1.82, 2.24) is 0 Å². The Bertz CT molecular complexity index is 552. The van der Waals surface area contributed by atoms with Gasteiger partial charge in [0, 0.05) is 18.0 Å². The fourth-order valence-electron chi connectivity index (χ4n) is 2.07. The molecule has 0 radical (unpaired) electrons. The summed E-state index contributed by atoms with van der Waals surface area (Å²) in [6.07, 6.45) is -2.70. The molecule has 6 heteroatoms. The van der Waals surface area contributed by atoms with Crippen molar-refractivity contribution in [2.24, 2.45) is 5.73 Å². The van der Waals surface area contributed by atoms with Gasteiger partial charge in [-0.05, 0) is 17.7 Å². The van der Waals surface area contributed by atoms with E-state index in [-0.39, 0.29) is 6.54 Å². The summed E-state index contributed by atoms with van der Waals surface area (Å²) in [5, 5.41) is 10.2. The van der Waals surface area contributed by atoms with Gasteiger partial charge >= 0.3 is 6.18 Å². The zero-order chi connectivity index (χ0) is 14.8. The monoisotopic (exact) mass is 285 g/mol. The number of benzene rings is 1. The first-order chi connectivity index (χ1) is 9.43. The lowest BCUT2D eigenvalue weighted by Crippen LogP contribution is -2.20. The molecule has 2 atom stereocenters. The largest absolute Gasteiger partial charge is 0.472 e. The molecule has 0 saturated carbocycles. The Kier molecular flexibility index (Phi) is 4.15. The molecule has 0 amide bonds. The van der Waals surface area contributed by atoms with Gasteiger partial charge in [-0.3, -0.25) is 0 Å². The van der Waals surface area contributed by atoms with Crippen LogP contribution < -0.4 is 5.73 Å². The SMILES string of the molecule is NCC(c1cccc(C(F)(F)F)c1)C(O)c1ccoc1. The minimum absolute atomic E-state index is 0.0215. The van der Waals surface area contributed by atoms with E-state index < -0.39 is 23.8 Å². The molecular weight excluding hydrogens is 271 g/mol. The average Bonchev–Trinajstić information content (AvgIpc) is 2.93. The van der Waals surface area contributed by atoms with E-state index in [9.17, 15) is 18.3 Å². The molecule has 0 fully saturated rings. The van der Waals surface area contributed by atoms with Crippen molar-refractivity contribution in [2.75, 3.05) is 6.54 Å². The predicted molar refractivity (Wildman–Crippen MR) is 66.9 cm³/mol. The van der Waals surface area contributed by atoms with Crippen LogP contribution in [0.4, 0.5) is 13.2 Å². The molecule has 0 saturated heterocycles. The Hall–Kier alpha value is -1.79. The zero-order valence-electron chi connectivity index (χ0n) is 10.5. The summed E-state index contributed by atoms with van der Waals surface area (Å²) < 4.78 is 43.0. The topological polar surface area (TPSA) is 59.4 Å². The molecular formula is C14H14F3NO2. The van der Waals surface area contributed by atoms with Crippen LogP contribution in [0.2, 0.25) is 0 Å². The average molecular weight is 285 g/mol. The normalized spacial score (nSPS) is 15.1. The third kappa shape index (κ3) is 3.02. The molecule has 1 aromatic heterocycles. The predicted octanol–water partition coefficient (Wildman–Crippen LogP) is 3.07. The summed E-state index contributed by atoms with van der Waals surface area (Å²) in [4.78, 5) is 0. The summed E-state index contributed by atoms with van der Waals surface area (Å²) in [5.74, 6) is -0.630. The molecule has 3 nitrogen and oxygen atoms in total. The maximum absolute atomic E-state index is 12.7. The number of furan rings is 1. The third-order valence-corrected chi connectivity index (χ3v) is 3.16. The molecule has 3 N–H and O–H groups in total. The van der Waals surface area contributed by atoms with Gasteiger partial charge in [-0.15, -0.1) is 0 Å². The Morgan fingerprint density at radius 2 is 1.95 bits per heavy atom. The number of hydrogen-bond donors (Lipinski definition) is 2. The van der Waals surface area contributed by atoms with E-state index >= 15 is 0 Å². The van der Waals surface area contributed by atoms with E-state index in [1.165, 1.54) is 24.7 Å². The van der Waals surface area contributed by atoms with E-state index in [0.717, 1.165) is 12.1 Å². The van der Waals surface area contributed by atoms with Crippen molar-refractivity contribution in [3.05, 3.63) is 59.5 Å². The highest BCUT2D eigenvalue weighted by atomic mass is 19.4. The zero-order valence-corrected chi connectivity index (χ0v) is 10.5. The van der Waals surface area contributed by atoms with Gasteiger partial charge in [0.1, 0.15) is 0 Å². The number of aliphatic hydroxyl groups excluding tert-OH is 1. The van der Waals surface area contributed by atoms with Crippen LogP contribution in [0.3, 0.4) is 0 Å². The summed E-state index contributed by atoms with van der Waals surface area (Å²) in [6.45, 7) is 0.0215. The van der Waals surface area contributed by atoms with Gasteiger partial charge in [0.25, 0.3) is 0 Å².